The lowest BCUT2D eigenvalue weighted by Crippen LogP contribution is -2.06. The van der Waals surface area contributed by atoms with Crippen LogP contribution < -0.4 is 0 Å². The van der Waals surface area contributed by atoms with E-state index >= 15 is 0 Å². The van der Waals surface area contributed by atoms with Crippen LogP contribution in [0.25, 0.3) is 128 Å². The highest BCUT2D eigenvalue weighted by atomic mass is 15.2. The van der Waals surface area contributed by atoms with Gasteiger partial charge in [0, 0.05) is 38.6 Å². The van der Waals surface area contributed by atoms with Crippen LogP contribution in [0, 0.1) is 0 Å². The SMILES string of the molecule is c1ccc(-c2nc(-c3ccccc3)nc(-c3cccc(-c4ccc5c(c4)c4ccccc4c4cc6c(cc54)c4ccccc4n6-c4nc(-c5ccccc5)nc(-c5ccccc5)n4)c3)n2)cc1. The van der Waals surface area contributed by atoms with Gasteiger partial charge in [-0.2, -0.15) is 9.97 Å². The standard InChI is InChI=1S/C60H37N7/c1-5-18-38(19-6-1)55-61-56(39-20-7-2-8-21-39)63-59(62-55)44-27-17-26-42(34-44)43-32-33-47-49(35-43)45-28-13-14-29-46(45)51-37-54-52(36-50(47)51)48-30-15-16-31-53(48)67(54)60-65-57(40-22-9-3-10-23-40)64-58(66-60)41-24-11-4-12-25-41/h1-37H. The predicted molar refractivity (Wildman–Crippen MR) is 273 cm³/mol. The number of hydrogen-bond donors (Lipinski definition) is 0. The molecule has 0 radical (unpaired) electrons. The molecule has 0 aliphatic heterocycles. The Labute approximate surface area is 385 Å². The molecule has 7 heteroatoms. The van der Waals surface area contributed by atoms with Gasteiger partial charge in [0.25, 0.3) is 0 Å². The Morgan fingerprint density at radius 3 is 1.15 bits per heavy atom. The molecule has 67 heavy (non-hydrogen) atoms. The van der Waals surface area contributed by atoms with Crippen molar-refractivity contribution in [2.45, 2.75) is 0 Å². The van der Waals surface area contributed by atoms with Gasteiger partial charge in [-0.3, -0.25) is 4.57 Å². The molecule has 7 nitrogen and oxygen atoms in total. The number of hydrogen-bond acceptors (Lipinski definition) is 6. The Bertz CT molecular complexity index is 3910. The molecular weight excluding hydrogens is 819 g/mol. The summed E-state index contributed by atoms with van der Waals surface area (Å²) in [6, 6.07) is 77.8. The zero-order valence-corrected chi connectivity index (χ0v) is 36.0. The third kappa shape index (κ3) is 6.68. The van der Waals surface area contributed by atoms with Crippen molar-refractivity contribution in [3.63, 3.8) is 0 Å². The summed E-state index contributed by atoms with van der Waals surface area (Å²) in [6.07, 6.45) is 0. The van der Waals surface area contributed by atoms with Gasteiger partial charge < -0.3 is 0 Å². The van der Waals surface area contributed by atoms with Gasteiger partial charge in [0.1, 0.15) is 0 Å². The molecule has 10 aromatic carbocycles. The van der Waals surface area contributed by atoms with Gasteiger partial charge in [-0.1, -0.05) is 194 Å². The van der Waals surface area contributed by atoms with Gasteiger partial charge in [0.2, 0.25) is 5.95 Å². The highest BCUT2D eigenvalue weighted by Crippen LogP contribution is 2.42. The molecule has 0 spiro atoms. The fourth-order valence-corrected chi connectivity index (χ4v) is 9.48. The average Bonchev–Trinajstić information content (AvgIpc) is 3.74. The van der Waals surface area contributed by atoms with Crippen LogP contribution in [0.3, 0.4) is 0 Å². The van der Waals surface area contributed by atoms with E-state index < -0.39 is 0 Å². The van der Waals surface area contributed by atoms with Crippen LogP contribution in [0.15, 0.2) is 224 Å². The van der Waals surface area contributed by atoms with E-state index in [0.717, 1.165) is 66.1 Å². The van der Waals surface area contributed by atoms with Crippen LogP contribution in [-0.2, 0) is 0 Å². The minimum absolute atomic E-state index is 0.569. The minimum Gasteiger partial charge on any atom is -0.278 e. The van der Waals surface area contributed by atoms with Crippen LogP contribution in [0.1, 0.15) is 0 Å². The Kier molecular flexibility index (Phi) is 9.03. The highest BCUT2D eigenvalue weighted by molar-refractivity contribution is 6.29. The Hall–Kier alpha value is -9.20. The third-order valence-electron chi connectivity index (χ3n) is 12.7. The first-order chi connectivity index (χ1) is 33.2. The molecule has 0 unspecified atom stereocenters. The maximum absolute atomic E-state index is 5.19. The summed E-state index contributed by atoms with van der Waals surface area (Å²) >= 11 is 0. The lowest BCUT2D eigenvalue weighted by Gasteiger charge is -2.14. The summed E-state index contributed by atoms with van der Waals surface area (Å²) in [7, 11) is 0. The normalized spacial score (nSPS) is 11.6. The maximum Gasteiger partial charge on any atom is 0.238 e. The third-order valence-corrected chi connectivity index (χ3v) is 12.7. The van der Waals surface area contributed by atoms with E-state index in [1.165, 1.54) is 26.9 Å². The maximum atomic E-state index is 5.19. The van der Waals surface area contributed by atoms with Crippen LogP contribution in [0.2, 0.25) is 0 Å². The summed E-state index contributed by atoms with van der Waals surface area (Å²) in [6.45, 7) is 0. The second-order valence-corrected chi connectivity index (χ2v) is 16.7. The molecule has 0 aliphatic carbocycles. The second kappa shape index (κ2) is 15.8. The van der Waals surface area contributed by atoms with E-state index in [4.69, 9.17) is 29.9 Å². The van der Waals surface area contributed by atoms with Crippen molar-refractivity contribution in [1.82, 2.24) is 34.5 Å². The minimum atomic E-state index is 0.569. The van der Waals surface area contributed by atoms with Gasteiger partial charge in [0.05, 0.1) is 11.0 Å². The molecule has 0 fully saturated rings. The van der Waals surface area contributed by atoms with Gasteiger partial charge in [-0.05, 0) is 73.8 Å². The summed E-state index contributed by atoms with van der Waals surface area (Å²) in [5.74, 6) is 3.71. The average molecular weight is 856 g/mol. The molecule has 13 rings (SSSR count). The van der Waals surface area contributed by atoms with E-state index in [1.54, 1.807) is 0 Å². The van der Waals surface area contributed by atoms with Gasteiger partial charge >= 0.3 is 0 Å². The van der Waals surface area contributed by atoms with E-state index in [-0.39, 0.29) is 0 Å². The molecule has 312 valence electrons. The molecule has 13 aromatic rings. The predicted octanol–water partition coefficient (Wildman–Crippen LogP) is 14.6. The summed E-state index contributed by atoms with van der Waals surface area (Å²) in [5, 5.41) is 9.32. The smallest absolute Gasteiger partial charge is 0.238 e. The molecule has 3 heterocycles. The summed E-state index contributed by atoms with van der Waals surface area (Å²) < 4.78 is 2.21. The van der Waals surface area contributed by atoms with Crippen LogP contribution in [0.4, 0.5) is 0 Å². The molecule has 0 atom stereocenters. The fourth-order valence-electron chi connectivity index (χ4n) is 9.48. The molecule has 3 aromatic heterocycles. The van der Waals surface area contributed by atoms with Crippen molar-refractivity contribution in [2.75, 3.05) is 0 Å². The second-order valence-electron chi connectivity index (χ2n) is 16.7. The molecule has 0 amide bonds. The Balaban J connectivity index is 0.989. The zero-order chi connectivity index (χ0) is 44.3. The summed E-state index contributed by atoms with van der Waals surface area (Å²) in [5.41, 5.74) is 8.89. The lowest BCUT2D eigenvalue weighted by atomic mass is 9.91. The van der Waals surface area contributed by atoms with Crippen LogP contribution >= 0.6 is 0 Å². The van der Waals surface area contributed by atoms with Crippen molar-refractivity contribution >= 4 is 54.1 Å². The number of nitrogens with zero attached hydrogens (tertiary/aromatic N) is 7. The number of aromatic nitrogens is 7. The van der Waals surface area contributed by atoms with Crippen molar-refractivity contribution in [1.29, 1.82) is 0 Å². The number of para-hydroxylation sites is 1. The first-order valence-electron chi connectivity index (χ1n) is 22.4. The fraction of sp³-hybridized carbons (Fsp3) is 0. The van der Waals surface area contributed by atoms with Crippen molar-refractivity contribution in [3.8, 4) is 74.0 Å². The van der Waals surface area contributed by atoms with Crippen molar-refractivity contribution < 1.29 is 0 Å². The molecule has 0 saturated carbocycles. The first kappa shape index (κ1) is 38.3. The molecule has 0 N–H and O–H groups in total. The highest BCUT2D eigenvalue weighted by Gasteiger charge is 2.21. The largest absolute Gasteiger partial charge is 0.278 e. The van der Waals surface area contributed by atoms with Crippen LogP contribution in [0.5, 0.6) is 0 Å². The van der Waals surface area contributed by atoms with Crippen LogP contribution in [-0.4, -0.2) is 34.5 Å². The van der Waals surface area contributed by atoms with Crippen molar-refractivity contribution in [2.24, 2.45) is 0 Å². The lowest BCUT2D eigenvalue weighted by molar-refractivity contribution is 0.954. The van der Waals surface area contributed by atoms with E-state index in [1.807, 2.05) is 121 Å². The van der Waals surface area contributed by atoms with Gasteiger partial charge in [-0.15, -0.1) is 0 Å². The number of rotatable bonds is 7. The molecule has 0 saturated heterocycles. The summed E-state index contributed by atoms with van der Waals surface area (Å²) in [4.78, 5) is 30.4. The number of benzene rings is 10. The monoisotopic (exact) mass is 855 g/mol. The molecule has 0 bridgehead atoms. The van der Waals surface area contributed by atoms with Gasteiger partial charge in [0.15, 0.2) is 29.1 Å². The van der Waals surface area contributed by atoms with E-state index in [0.29, 0.717) is 35.1 Å². The first-order valence-corrected chi connectivity index (χ1v) is 22.4. The molecular formula is C60H37N7. The molecule has 0 aliphatic rings. The van der Waals surface area contributed by atoms with E-state index in [2.05, 4.69) is 108 Å². The quantitative estimate of drug-likeness (QED) is 0.149. The Morgan fingerprint density at radius 1 is 0.209 bits per heavy atom. The Morgan fingerprint density at radius 2 is 0.597 bits per heavy atom. The zero-order valence-electron chi connectivity index (χ0n) is 36.0. The van der Waals surface area contributed by atoms with E-state index in [9.17, 15) is 0 Å². The van der Waals surface area contributed by atoms with Gasteiger partial charge in [-0.25, -0.2) is 19.9 Å². The van der Waals surface area contributed by atoms with Crippen molar-refractivity contribution in [3.05, 3.63) is 224 Å². The topological polar surface area (TPSA) is 82.3 Å². The number of fused-ring (bicyclic) bond motifs is 9.